The lowest BCUT2D eigenvalue weighted by atomic mass is 9.90. The Kier molecular flexibility index (Phi) is 4.55. The van der Waals surface area contributed by atoms with Gasteiger partial charge in [-0.15, -0.1) is 0 Å². The molecule has 0 heterocycles. The molecule has 1 aromatic carbocycles. The van der Waals surface area contributed by atoms with Crippen molar-refractivity contribution in [1.82, 2.24) is 0 Å². The standard InChI is InChI=1S/C15H21BrO2/c1-10-5-4-6-12(10)15(16)13-8-7-11(17-2)9-14(13)18-3/h7-10,12,15H,4-6H2,1-3H3. The summed E-state index contributed by atoms with van der Waals surface area (Å²) >= 11 is 3.87. The third-order valence-corrected chi connectivity index (χ3v) is 5.21. The van der Waals surface area contributed by atoms with Gasteiger partial charge in [0.05, 0.1) is 14.2 Å². The van der Waals surface area contributed by atoms with Gasteiger partial charge in [-0.3, -0.25) is 0 Å². The van der Waals surface area contributed by atoms with E-state index in [0.29, 0.717) is 10.7 Å². The lowest BCUT2D eigenvalue weighted by Gasteiger charge is -2.24. The summed E-state index contributed by atoms with van der Waals surface area (Å²) in [6, 6.07) is 6.08. The highest BCUT2D eigenvalue weighted by Gasteiger charge is 2.31. The highest BCUT2D eigenvalue weighted by Crippen LogP contribution is 2.47. The first-order chi connectivity index (χ1) is 8.67. The van der Waals surface area contributed by atoms with E-state index in [2.05, 4.69) is 28.9 Å². The topological polar surface area (TPSA) is 18.5 Å². The van der Waals surface area contributed by atoms with Gasteiger partial charge in [-0.2, -0.15) is 0 Å². The number of halogens is 1. The second-order valence-corrected chi connectivity index (χ2v) is 6.07. The molecule has 1 aliphatic rings. The minimum atomic E-state index is 0.371. The Morgan fingerprint density at radius 2 is 2.00 bits per heavy atom. The van der Waals surface area contributed by atoms with E-state index in [4.69, 9.17) is 9.47 Å². The van der Waals surface area contributed by atoms with Crippen molar-refractivity contribution < 1.29 is 9.47 Å². The molecular weight excluding hydrogens is 292 g/mol. The average Bonchev–Trinajstić information content (AvgIpc) is 2.83. The van der Waals surface area contributed by atoms with Crippen LogP contribution in [0.25, 0.3) is 0 Å². The molecule has 1 aromatic rings. The first kappa shape index (κ1) is 13.7. The summed E-state index contributed by atoms with van der Waals surface area (Å²) in [7, 11) is 3.40. The maximum atomic E-state index is 5.49. The number of benzene rings is 1. The molecule has 0 aromatic heterocycles. The second-order valence-electron chi connectivity index (χ2n) is 5.08. The quantitative estimate of drug-likeness (QED) is 0.758. The van der Waals surface area contributed by atoms with Crippen LogP contribution in [0.5, 0.6) is 11.5 Å². The van der Waals surface area contributed by atoms with Crippen LogP contribution in [0.4, 0.5) is 0 Å². The summed E-state index contributed by atoms with van der Waals surface area (Å²) in [5.74, 6) is 3.23. The first-order valence-corrected chi connectivity index (χ1v) is 7.45. The molecule has 100 valence electrons. The van der Waals surface area contributed by atoms with Crippen LogP contribution in [0.3, 0.4) is 0 Å². The van der Waals surface area contributed by atoms with Crippen molar-refractivity contribution in [2.24, 2.45) is 11.8 Å². The molecule has 2 rings (SSSR count). The summed E-state index contributed by atoms with van der Waals surface area (Å²) in [5, 5.41) is 0. The van der Waals surface area contributed by atoms with E-state index in [9.17, 15) is 0 Å². The van der Waals surface area contributed by atoms with Gasteiger partial charge in [0.1, 0.15) is 11.5 Å². The second kappa shape index (κ2) is 5.96. The van der Waals surface area contributed by atoms with Gasteiger partial charge >= 0.3 is 0 Å². The van der Waals surface area contributed by atoms with E-state index >= 15 is 0 Å². The molecule has 0 amide bonds. The van der Waals surface area contributed by atoms with Crippen LogP contribution >= 0.6 is 15.9 Å². The van der Waals surface area contributed by atoms with Crippen molar-refractivity contribution in [3.8, 4) is 11.5 Å². The molecule has 0 saturated heterocycles. The molecule has 1 saturated carbocycles. The average molecular weight is 313 g/mol. The largest absolute Gasteiger partial charge is 0.497 e. The Bertz CT molecular complexity index is 405. The van der Waals surface area contributed by atoms with Crippen LogP contribution in [0.1, 0.15) is 36.6 Å². The minimum Gasteiger partial charge on any atom is -0.497 e. The predicted molar refractivity (Wildman–Crippen MR) is 77.7 cm³/mol. The fraction of sp³-hybridized carbons (Fsp3) is 0.600. The zero-order valence-electron chi connectivity index (χ0n) is 11.3. The number of hydrogen-bond acceptors (Lipinski definition) is 2. The summed E-state index contributed by atoms with van der Waals surface area (Å²) in [5.41, 5.74) is 1.23. The summed E-state index contributed by atoms with van der Waals surface area (Å²) < 4.78 is 10.7. The number of methoxy groups -OCH3 is 2. The van der Waals surface area contributed by atoms with Gasteiger partial charge in [0.15, 0.2) is 0 Å². The fourth-order valence-electron chi connectivity index (χ4n) is 2.89. The third-order valence-electron chi connectivity index (χ3n) is 4.04. The van der Waals surface area contributed by atoms with Crippen molar-refractivity contribution in [1.29, 1.82) is 0 Å². The van der Waals surface area contributed by atoms with Crippen LogP contribution in [-0.4, -0.2) is 14.2 Å². The van der Waals surface area contributed by atoms with Gasteiger partial charge in [0, 0.05) is 16.5 Å². The summed E-state index contributed by atoms with van der Waals surface area (Å²) in [4.78, 5) is 0.371. The molecule has 0 spiro atoms. The molecule has 18 heavy (non-hydrogen) atoms. The number of ether oxygens (including phenoxy) is 2. The lowest BCUT2D eigenvalue weighted by Crippen LogP contribution is -2.11. The van der Waals surface area contributed by atoms with Crippen molar-refractivity contribution in [2.45, 2.75) is 31.0 Å². The van der Waals surface area contributed by atoms with E-state index in [1.54, 1.807) is 14.2 Å². The molecule has 0 aliphatic heterocycles. The van der Waals surface area contributed by atoms with Crippen molar-refractivity contribution >= 4 is 15.9 Å². The monoisotopic (exact) mass is 312 g/mol. The van der Waals surface area contributed by atoms with Crippen LogP contribution in [-0.2, 0) is 0 Å². The minimum absolute atomic E-state index is 0.371. The van der Waals surface area contributed by atoms with Crippen molar-refractivity contribution in [2.75, 3.05) is 14.2 Å². The molecule has 0 bridgehead atoms. The summed E-state index contributed by atoms with van der Waals surface area (Å²) in [6.45, 7) is 2.35. The van der Waals surface area contributed by atoms with Gasteiger partial charge in [-0.1, -0.05) is 41.8 Å². The molecule has 3 heteroatoms. The maximum absolute atomic E-state index is 5.49. The molecule has 3 unspecified atom stereocenters. The van der Waals surface area contributed by atoms with Gasteiger partial charge in [0.25, 0.3) is 0 Å². The van der Waals surface area contributed by atoms with E-state index in [1.807, 2.05) is 12.1 Å². The number of rotatable bonds is 4. The Hall–Kier alpha value is -0.700. The smallest absolute Gasteiger partial charge is 0.126 e. The third kappa shape index (κ3) is 2.66. The Balaban J connectivity index is 2.26. The van der Waals surface area contributed by atoms with Crippen LogP contribution in [0, 0.1) is 11.8 Å². The van der Waals surface area contributed by atoms with E-state index < -0.39 is 0 Å². The molecule has 3 atom stereocenters. The normalized spacial score (nSPS) is 24.9. The Morgan fingerprint density at radius 3 is 2.56 bits per heavy atom. The Labute approximate surface area is 118 Å². The van der Waals surface area contributed by atoms with Gasteiger partial charge in [-0.25, -0.2) is 0 Å². The molecular formula is C15H21BrO2. The number of alkyl halides is 1. The molecule has 0 radical (unpaired) electrons. The van der Waals surface area contributed by atoms with Gasteiger partial charge < -0.3 is 9.47 Å². The van der Waals surface area contributed by atoms with E-state index in [-0.39, 0.29) is 0 Å². The maximum Gasteiger partial charge on any atom is 0.126 e. The van der Waals surface area contributed by atoms with Gasteiger partial charge in [-0.05, 0) is 24.3 Å². The predicted octanol–water partition coefficient (Wildman–Crippen LogP) is 4.58. The SMILES string of the molecule is COc1ccc(C(Br)C2CCCC2C)c(OC)c1. The van der Waals surface area contributed by atoms with Crippen LogP contribution in [0.2, 0.25) is 0 Å². The molecule has 1 aliphatic carbocycles. The lowest BCUT2D eigenvalue weighted by molar-refractivity contribution is 0.376. The van der Waals surface area contributed by atoms with Crippen molar-refractivity contribution in [3.05, 3.63) is 23.8 Å². The number of hydrogen-bond donors (Lipinski definition) is 0. The molecule has 1 fully saturated rings. The fourth-order valence-corrected chi connectivity index (χ4v) is 4.05. The van der Waals surface area contributed by atoms with E-state index in [1.165, 1.54) is 24.8 Å². The highest BCUT2D eigenvalue weighted by atomic mass is 79.9. The van der Waals surface area contributed by atoms with E-state index in [0.717, 1.165) is 17.4 Å². The Morgan fingerprint density at radius 1 is 1.22 bits per heavy atom. The van der Waals surface area contributed by atoms with Crippen molar-refractivity contribution in [3.63, 3.8) is 0 Å². The first-order valence-electron chi connectivity index (χ1n) is 6.53. The molecule has 2 nitrogen and oxygen atoms in total. The zero-order chi connectivity index (χ0) is 13.1. The summed E-state index contributed by atoms with van der Waals surface area (Å²) in [6.07, 6.45) is 3.98. The molecule has 0 N–H and O–H groups in total. The van der Waals surface area contributed by atoms with Crippen LogP contribution in [0.15, 0.2) is 18.2 Å². The van der Waals surface area contributed by atoms with Crippen LogP contribution < -0.4 is 9.47 Å². The van der Waals surface area contributed by atoms with Gasteiger partial charge in [0.2, 0.25) is 0 Å². The zero-order valence-corrected chi connectivity index (χ0v) is 12.9. The highest BCUT2D eigenvalue weighted by molar-refractivity contribution is 9.09.